The van der Waals surface area contributed by atoms with Crippen LogP contribution in [0.1, 0.15) is 16.7 Å². The van der Waals surface area contributed by atoms with Crippen molar-refractivity contribution < 1.29 is 0 Å². The van der Waals surface area contributed by atoms with Crippen molar-refractivity contribution in [1.82, 2.24) is 10.3 Å². The maximum Gasteiger partial charge on any atom is 0.0205 e. The molecule has 0 saturated carbocycles. The molecule has 4 N–H and O–H groups in total. The molecule has 3 heteroatoms. The van der Waals surface area contributed by atoms with Gasteiger partial charge < -0.3 is 16.0 Å². The third-order valence-corrected chi connectivity index (χ3v) is 2.81. The lowest BCUT2D eigenvalue weighted by Gasteiger charge is -2.05. The van der Waals surface area contributed by atoms with Gasteiger partial charge in [0.05, 0.1) is 0 Å². The van der Waals surface area contributed by atoms with E-state index in [-0.39, 0.29) is 0 Å². The summed E-state index contributed by atoms with van der Waals surface area (Å²) in [6.45, 7) is 2.50. The maximum atomic E-state index is 5.61. The summed E-state index contributed by atoms with van der Waals surface area (Å²) in [6, 6.07) is 10.5. The first-order valence-electron chi connectivity index (χ1n) is 5.99. The Labute approximate surface area is 102 Å². The Bertz CT molecular complexity index is 434. The van der Waals surface area contributed by atoms with Gasteiger partial charge in [0.25, 0.3) is 0 Å². The van der Waals surface area contributed by atoms with E-state index in [4.69, 9.17) is 5.73 Å². The summed E-state index contributed by atoms with van der Waals surface area (Å²) in [7, 11) is 0. The van der Waals surface area contributed by atoms with Gasteiger partial charge in [-0.25, -0.2) is 0 Å². The van der Waals surface area contributed by atoms with Crippen LogP contribution in [0.5, 0.6) is 0 Å². The molecule has 2 aromatic rings. The van der Waals surface area contributed by atoms with Gasteiger partial charge in [0, 0.05) is 25.5 Å². The lowest BCUT2D eigenvalue weighted by atomic mass is 10.1. The van der Waals surface area contributed by atoms with Gasteiger partial charge in [0.15, 0.2) is 0 Å². The first-order valence-corrected chi connectivity index (χ1v) is 5.99. The fourth-order valence-corrected chi connectivity index (χ4v) is 1.85. The Hall–Kier alpha value is -1.58. The molecule has 2 rings (SSSR count). The summed E-state index contributed by atoms with van der Waals surface area (Å²) in [4.78, 5) is 3.06. The molecule has 0 aliphatic rings. The molecule has 0 fully saturated rings. The third kappa shape index (κ3) is 3.73. The fraction of sp³-hybridized carbons (Fsp3) is 0.286. The van der Waals surface area contributed by atoms with Crippen LogP contribution in [0.4, 0.5) is 0 Å². The second kappa shape index (κ2) is 6.23. The molecule has 0 aliphatic carbocycles. The van der Waals surface area contributed by atoms with E-state index < -0.39 is 0 Å². The Balaban J connectivity index is 1.74. The number of rotatable bonds is 6. The van der Waals surface area contributed by atoms with E-state index in [0.29, 0.717) is 6.54 Å². The molecular weight excluding hydrogens is 210 g/mol. The van der Waals surface area contributed by atoms with Gasteiger partial charge in [-0.3, -0.25) is 0 Å². The molecule has 1 aromatic carbocycles. The van der Waals surface area contributed by atoms with Crippen LogP contribution in [-0.2, 0) is 19.5 Å². The van der Waals surface area contributed by atoms with Crippen LogP contribution >= 0.6 is 0 Å². The van der Waals surface area contributed by atoms with Crippen LogP contribution in [-0.4, -0.2) is 11.5 Å². The van der Waals surface area contributed by atoms with E-state index in [0.717, 1.165) is 19.5 Å². The van der Waals surface area contributed by atoms with Crippen LogP contribution in [0.25, 0.3) is 0 Å². The third-order valence-electron chi connectivity index (χ3n) is 2.81. The van der Waals surface area contributed by atoms with Crippen LogP contribution < -0.4 is 11.1 Å². The van der Waals surface area contributed by atoms with Crippen LogP contribution in [0.15, 0.2) is 42.7 Å². The molecule has 0 spiro atoms. The average Bonchev–Trinajstić information content (AvgIpc) is 2.88. The maximum absolute atomic E-state index is 5.61. The molecule has 1 aromatic heterocycles. The summed E-state index contributed by atoms with van der Waals surface area (Å²) < 4.78 is 0. The highest BCUT2D eigenvalue weighted by Crippen LogP contribution is 2.04. The fourth-order valence-electron chi connectivity index (χ4n) is 1.85. The van der Waals surface area contributed by atoms with Crippen molar-refractivity contribution in [1.29, 1.82) is 0 Å². The lowest BCUT2D eigenvalue weighted by Crippen LogP contribution is -2.16. The molecule has 0 bridgehead atoms. The van der Waals surface area contributed by atoms with Gasteiger partial charge in [-0.15, -0.1) is 0 Å². The second-order valence-corrected chi connectivity index (χ2v) is 4.17. The topological polar surface area (TPSA) is 53.8 Å². The molecular formula is C14H19N3. The summed E-state index contributed by atoms with van der Waals surface area (Å²) in [5.41, 5.74) is 9.44. The monoisotopic (exact) mass is 229 g/mol. The normalized spacial score (nSPS) is 10.6. The smallest absolute Gasteiger partial charge is 0.0205 e. The average molecular weight is 229 g/mol. The van der Waals surface area contributed by atoms with Crippen molar-refractivity contribution in [2.45, 2.75) is 19.5 Å². The zero-order valence-electron chi connectivity index (χ0n) is 9.95. The Morgan fingerprint density at radius 2 is 2.00 bits per heavy atom. The summed E-state index contributed by atoms with van der Waals surface area (Å²) in [5.74, 6) is 0. The largest absolute Gasteiger partial charge is 0.367 e. The molecule has 0 amide bonds. The van der Waals surface area contributed by atoms with Crippen molar-refractivity contribution in [3.8, 4) is 0 Å². The van der Waals surface area contributed by atoms with Gasteiger partial charge >= 0.3 is 0 Å². The van der Waals surface area contributed by atoms with E-state index in [1.165, 1.54) is 16.7 Å². The second-order valence-electron chi connectivity index (χ2n) is 4.17. The quantitative estimate of drug-likeness (QED) is 0.662. The Morgan fingerprint density at radius 1 is 1.12 bits per heavy atom. The van der Waals surface area contributed by atoms with E-state index >= 15 is 0 Å². The highest BCUT2D eigenvalue weighted by Gasteiger charge is 1.96. The molecule has 90 valence electrons. The number of aromatic nitrogens is 1. The zero-order valence-corrected chi connectivity index (χ0v) is 9.95. The van der Waals surface area contributed by atoms with Crippen LogP contribution in [0.3, 0.4) is 0 Å². The minimum absolute atomic E-state index is 0.608. The van der Waals surface area contributed by atoms with Gasteiger partial charge in [-0.2, -0.15) is 0 Å². The number of hydrogen-bond acceptors (Lipinski definition) is 2. The number of nitrogens with two attached hydrogens (primary N) is 1. The van der Waals surface area contributed by atoms with E-state index in [1.54, 1.807) is 0 Å². The Kier molecular flexibility index (Phi) is 4.36. The minimum Gasteiger partial charge on any atom is -0.367 e. The number of nitrogens with one attached hydrogen (secondary N) is 2. The highest BCUT2D eigenvalue weighted by atomic mass is 14.8. The predicted octanol–water partition coefficient (Wildman–Crippen LogP) is 1.81. The molecule has 0 radical (unpaired) electrons. The van der Waals surface area contributed by atoms with E-state index in [9.17, 15) is 0 Å². The number of H-pyrrole nitrogens is 1. The SMILES string of the molecule is NCc1cccc(CNCCc2cc[nH]c2)c1. The molecule has 1 heterocycles. The predicted molar refractivity (Wildman–Crippen MR) is 70.5 cm³/mol. The molecule has 0 unspecified atom stereocenters. The van der Waals surface area contributed by atoms with Gasteiger partial charge in [-0.05, 0) is 35.7 Å². The number of aromatic amines is 1. The minimum atomic E-state index is 0.608. The Morgan fingerprint density at radius 3 is 2.76 bits per heavy atom. The zero-order chi connectivity index (χ0) is 11.9. The van der Waals surface area contributed by atoms with Crippen LogP contribution in [0.2, 0.25) is 0 Å². The lowest BCUT2D eigenvalue weighted by molar-refractivity contribution is 0.686. The van der Waals surface area contributed by atoms with E-state index in [1.807, 2.05) is 12.4 Å². The van der Waals surface area contributed by atoms with Crippen LogP contribution in [0, 0.1) is 0 Å². The van der Waals surface area contributed by atoms with Gasteiger partial charge in [-0.1, -0.05) is 24.3 Å². The highest BCUT2D eigenvalue weighted by molar-refractivity contribution is 5.23. The summed E-state index contributed by atoms with van der Waals surface area (Å²) >= 11 is 0. The van der Waals surface area contributed by atoms with Crippen molar-refractivity contribution in [3.05, 3.63) is 59.4 Å². The van der Waals surface area contributed by atoms with Gasteiger partial charge in [0.2, 0.25) is 0 Å². The summed E-state index contributed by atoms with van der Waals surface area (Å²) in [5, 5.41) is 3.44. The summed E-state index contributed by atoms with van der Waals surface area (Å²) in [6.07, 6.45) is 5.05. The first kappa shape index (κ1) is 11.9. The van der Waals surface area contributed by atoms with Crippen molar-refractivity contribution >= 4 is 0 Å². The van der Waals surface area contributed by atoms with E-state index in [2.05, 4.69) is 40.6 Å². The molecule has 17 heavy (non-hydrogen) atoms. The van der Waals surface area contributed by atoms with Crippen molar-refractivity contribution in [3.63, 3.8) is 0 Å². The number of hydrogen-bond donors (Lipinski definition) is 3. The molecule has 0 atom stereocenters. The van der Waals surface area contributed by atoms with Gasteiger partial charge in [0.1, 0.15) is 0 Å². The standard InChI is InChI=1S/C14H19N3/c15-9-13-2-1-3-14(8-13)11-17-7-5-12-4-6-16-10-12/h1-4,6,8,10,16-17H,5,7,9,11,15H2. The number of benzene rings is 1. The molecule has 0 aliphatic heterocycles. The molecule has 0 saturated heterocycles. The van der Waals surface area contributed by atoms with Crippen molar-refractivity contribution in [2.75, 3.05) is 6.54 Å². The first-order chi connectivity index (χ1) is 8.38. The van der Waals surface area contributed by atoms with Crippen molar-refractivity contribution in [2.24, 2.45) is 5.73 Å². The molecule has 3 nitrogen and oxygen atoms in total.